The quantitative estimate of drug-likeness (QED) is 0.438. The minimum Gasteiger partial charge on any atom is -0.368 e. The SMILES string of the molecule is CSCCCNc1nc(N)ncc1[N+](=O)[O-]. The van der Waals surface area contributed by atoms with E-state index >= 15 is 0 Å². The molecule has 1 heterocycles. The highest BCUT2D eigenvalue weighted by Gasteiger charge is 2.15. The summed E-state index contributed by atoms with van der Waals surface area (Å²) in [6, 6.07) is 0. The lowest BCUT2D eigenvalue weighted by Crippen LogP contribution is -2.09. The van der Waals surface area contributed by atoms with E-state index in [9.17, 15) is 10.1 Å². The van der Waals surface area contributed by atoms with Gasteiger partial charge in [0, 0.05) is 6.54 Å². The van der Waals surface area contributed by atoms with Crippen LogP contribution in [0.3, 0.4) is 0 Å². The second-order valence-corrected chi connectivity index (χ2v) is 3.98. The van der Waals surface area contributed by atoms with Gasteiger partial charge in [-0.25, -0.2) is 4.98 Å². The summed E-state index contributed by atoms with van der Waals surface area (Å²) in [5.41, 5.74) is 5.21. The fourth-order valence-corrected chi connectivity index (χ4v) is 1.51. The first-order valence-corrected chi connectivity index (χ1v) is 6.04. The molecule has 16 heavy (non-hydrogen) atoms. The monoisotopic (exact) mass is 243 g/mol. The number of rotatable bonds is 6. The summed E-state index contributed by atoms with van der Waals surface area (Å²) in [4.78, 5) is 17.5. The zero-order chi connectivity index (χ0) is 12.0. The average Bonchev–Trinajstić information content (AvgIpc) is 2.24. The van der Waals surface area contributed by atoms with Gasteiger partial charge < -0.3 is 11.1 Å². The highest BCUT2D eigenvalue weighted by molar-refractivity contribution is 7.98. The van der Waals surface area contributed by atoms with Crippen LogP contribution in [0.15, 0.2) is 6.20 Å². The molecule has 8 heteroatoms. The van der Waals surface area contributed by atoms with Gasteiger partial charge in [0.1, 0.15) is 6.20 Å². The molecule has 0 aliphatic carbocycles. The Balaban J connectivity index is 2.68. The largest absolute Gasteiger partial charge is 0.368 e. The van der Waals surface area contributed by atoms with Gasteiger partial charge in [-0.15, -0.1) is 0 Å². The smallest absolute Gasteiger partial charge is 0.329 e. The molecule has 1 rings (SSSR count). The number of nitrogen functional groups attached to an aromatic ring is 1. The van der Waals surface area contributed by atoms with Crippen molar-refractivity contribution in [3.05, 3.63) is 16.3 Å². The zero-order valence-electron chi connectivity index (χ0n) is 8.84. The molecule has 0 fully saturated rings. The minimum absolute atomic E-state index is 0.0259. The first-order valence-electron chi connectivity index (χ1n) is 4.65. The second kappa shape index (κ2) is 6.11. The van der Waals surface area contributed by atoms with E-state index in [0.29, 0.717) is 6.54 Å². The predicted octanol–water partition coefficient (Wildman–Crippen LogP) is 1.13. The van der Waals surface area contributed by atoms with E-state index in [2.05, 4.69) is 15.3 Å². The second-order valence-electron chi connectivity index (χ2n) is 2.99. The number of nitrogens with two attached hydrogens (primary N) is 1. The van der Waals surface area contributed by atoms with Crippen molar-refractivity contribution in [1.29, 1.82) is 0 Å². The van der Waals surface area contributed by atoms with Crippen molar-refractivity contribution in [1.82, 2.24) is 9.97 Å². The Morgan fingerprint density at radius 3 is 3.06 bits per heavy atom. The van der Waals surface area contributed by atoms with Crippen molar-refractivity contribution in [3.8, 4) is 0 Å². The number of nitrogens with zero attached hydrogens (tertiary/aromatic N) is 3. The molecule has 88 valence electrons. The Bertz CT molecular complexity index is 373. The summed E-state index contributed by atoms with van der Waals surface area (Å²) >= 11 is 1.72. The summed E-state index contributed by atoms with van der Waals surface area (Å²) in [6.07, 6.45) is 4.02. The van der Waals surface area contributed by atoms with Gasteiger partial charge in [-0.05, 0) is 18.4 Å². The van der Waals surface area contributed by atoms with Crippen LogP contribution in [0.1, 0.15) is 6.42 Å². The van der Waals surface area contributed by atoms with Crippen LogP contribution in [0.4, 0.5) is 17.5 Å². The van der Waals surface area contributed by atoms with Crippen molar-refractivity contribution in [3.63, 3.8) is 0 Å². The third-order valence-corrected chi connectivity index (χ3v) is 2.50. The molecule has 0 spiro atoms. The summed E-state index contributed by atoms with van der Waals surface area (Å²) < 4.78 is 0. The van der Waals surface area contributed by atoms with E-state index in [1.54, 1.807) is 11.8 Å². The lowest BCUT2D eigenvalue weighted by Gasteiger charge is -2.05. The third-order valence-electron chi connectivity index (χ3n) is 1.80. The molecule has 0 aliphatic heterocycles. The van der Waals surface area contributed by atoms with Crippen molar-refractivity contribution < 1.29 is 4.92 Å². The van der Waals surface area contributed by atoms with E-state index in [0.717, 1.165) is 18.4 Å². The Labute approximate surface area is 97.0 Å². The molecule has 0 aliphatic rings. The lowest BCUT2D eigenvalue weighted by atomic mass is 10.4. The summed E-state index contributed by atoms with van der Waals surface area (Å²) in [5, 5.41) is 13.5. The van der Waals surface area contributed by atoms with Crippen LogP contribution >= 0.6 is 11.8 Å². The number of nitro groups is 1. The van der Waals surface area contributed by atoms with E-state index < -0.39 is 4.92 Å². The van der Waals surface area contributed by atoms with Crippen LogP contribution in [0, 0.1) is 10.1 Å². The van der Waals surface area contributed by atoms with Crippen LogP contribution in [-0.2, 0) is 0 Å². The van der Waals surface area contributed by atoms with Crippen molar-refractivity contribution >= 4 is 29.2 Å². The molecule has 1 aromatic heterocycles. The van der Waals surface area contributed by atoms with Crippen molar-refractivity contribution in [2.24, 2.45) is 0 Å². The molecular weight excluding hydrogens is 230 g/mol. The Morgan fingerprint density at radius 2 is 2.44 bits per heavy atom. The molecule has 0 saturated heterocycles. The molecule has 0 aromatic carbocycles. The number of anilines is 2. The van der Waals surface area contributed by atoms with Gasteiger partial charge in [0.05, 0.1) is 4.92 Å². The van der Waals surface area contributed by atoms with E-state index in [-0.39, 0.29) is 17.5 Å². The number of nitrogens with one attached hydrogen (secondary N) is 1. The van der Waals surface area contributed by atoms with Gasteiger partial charge in [-0.1, -0.05) is 0 Å². The van der Waals surface area contributed by atoms with E-state index in [4.69, 9.17) is 5.73 Å². The van der Waals surface area contributed by atoms with Gasteiger partial charge in [0.15, 0.2) is 0 Å². The van der Waals surface area contributed by atoms with Crippen LogP contribution in [0.5, 0.6) is 0 Å². The van der Waals surface area contributed by atoms with E-state index in [1.165, 1.54) is 0 Å². The highest BCUT2D eigenvalue weighted by Crippen LogP contribution is 2.20. The van der Waals surface area contributed by atoms with Gasteiger partial charge in [0.2, 0.25) is 11.8 Å². The molecule has 0 amide bonds. The van der Waals surface area contributed by atoms with Gasteiger partial charge >= 0.3 is 5.69 Å². The fourth-order valence-electron chi connectivity index (χ4n) is 1.08. The molecule has 0 atom stereocenters. The number of hydrogen-bond acceptors (Lipinski definition) is 7. The number of thioether (sulfide) groups is 1. The predicted molar refractivity (Wildman–Crippen MR) is 64.6 cm³/mol. The molecule has 0 saturated carbocycles. The molecule has 0 unspecified atom stereocenters. The maximum absolute atomic E-state index is 10.7. The normalized spacial score (nSPS) is 10.1. The zero-order valence-corrected chi connectivity index (χ0v) is 9.66. The minimum atomic E-state index is -0.531. The summed E-state index contributed by atoms with van der Waals surface area (Å²) in [7, 11) is 0. The topological polar surface area (TPSA) is 107 Å². The van der Waals surface area contributed by atoms with Gasteiger partial charge in [-0.2, -0.15) is 16.7 Å². The standard InChI is InChI=1S/C8H13N5O2S/c1-16-4-2-3-10-7-6(13(14)15)5-11-8(9)12-7/h5H,2-4H2,1H3,(H3,9,10,11,12). The molecule has 3 N–H and O–H groups in total. The van der Waals surface area contributed by atoms with Crippen LogP contribution in [0.2, 0.25) is 0 Å². The Kier molecular flexibility index (Phi) is 4.77. The van der Waals surface area contributed by atoms with Crippen LogP contribution in [0.25, 0.3) is 0 Å². The first-order chi connectivity index (χ1) is 7.65. The van der Waals surface area contributed by atoms with Crippen LogP contribution < -0.4 is 11.1 Å². The average molecular weight is 243 g/mol. The first kappa shape index (κ1) is 12.5. The molecule has 0 bridgehead atoms. The third kappa shape index (κ3) is 3.54. The van der Waals surface area contributed by atoms with Gasteiger partial charge in [-0.3, -0.25) is 10.1 Å². The van der Waals surface area contributed by atoms with Crippen LogP contribution in [-0.4, -0.2) is 33.4 Å². The van der Waals surface area contributed by atoms with Crippen molar-refractivity contribution in [2.75, 3.05) is 29.6 Å². The maximum Gasteiger partial charge on any atom is 0.329 e. The van der Waals surface area contributed by atoms with Gasteiger partial charge in [0.25, 0.3) is 0 Å². The van der Waals surface area contributed by atoms with E-state index in [1.807, 2.05) is 6.26 Å². The summed E-state index contributed by atoms with van der Waals surface area (Å²) in [5.74, 6) is 1.19. The molecule has 0 radical (unpaired) electrons. The number of hydrogen-bond donors (Lipinski definition) is 2. The lowest BCUT2D eigenvalue weighted by molar-refractivity contribution is -0.384. The Hall–Kier alpha value is -1.57. The number of aromatic nitrogens is 2. The van der Waals surface area contributed by atoms with Crippen molar-refractivity contribution in [2.45, 2.75) is 6.42 Å². The molecule has 7 nitrogen and oxygen atoms in total. The molecule has 1 aromatic rings. The molecular formula is C8H13N5O2S. The fraction of sp³-hybridized carbons (Fsp3) is 0.500. The summed E-state index contributed by atoms with van der Waals surface area (Å²) in [6.45, 7) is 0.623. The Morgan fingerprint density at radius 1 is 1.69 bits per heavy atom. The highest BCUT2D eigenvalue weighted by atomic mass is 32.2. The maximum atomic E-state index is 10.7.